The summed E-state index contributed by atoms with van der Waals surface area (Å²) < 4.78 is 0. The van der Waals surface area contributed by atoms with Gasteiger partial charge in [0, 0.05) is 17.0 Å². The molecule has 0 aliphatic carbocycles. The molecule has 0 aliphatic rings. The van der Waals surface area contributed by atoms with E-state index < -0.39 is 0 Å². The highest BCUT2D eigenvalue weighted by molar-refractivity contribution is 8.00. The van der Waals surface area contributed by atoms with E-state index in [0.717, 1.165) is 0 Å². The first-order valence-electron chi connectivity index (χ1n) is 4.02. The zero-order valence-electron chi connectivity index (χ0n) is 7.71. The third kappa shape index (κ3) is 3.56. The van der Waals surface area contributed by atoms with Gasteiger partial charge in [-0.3, -0.25) is 10.2 Å². The van der Waals surface area contributed by atoms with Crippen molar-refractivity contribution in [2.75, 3.05) is 5.75 Å². The minimum Gasteiger partial charge on any atom is -0.294 e. The molecule has 1 amide bonds. The van der Waals surface area contributed by atoms with Gasteiger partial charge in [0.05, 0.1) is 10.7 Å². The molecule has 1 aromatic rings. The fourth-order valence-electron chi connectivity index (χ4n) is 0.883. The third-order valence-electron chi connectivity index (χ3n) is 1.57. The number of hydrogen-bond acceptors (Lipinski definition) is 4. The molecule has 0 atom stereocenters. The Bertz CT molecular complexity index is 383. The van der Waals surface area contributed by atoms with E-state index in [0.29, 0.717) is 4.90 Å². The summed E-state index contributed by atoms with van der Waals surface area (Å²) in [7, 11) is 0. The van der Waals surface area contributed by atoms with Crippen LogP contribution in [-0.4, -0.2) is 21.8 Å². The zero-order chi connectivity index (χ0) is 11.3. The van der Waals surface area contributed by atoms with Crippen LogP contribution in [0.2, 0.25) is 0 Å². The van der Waals surface area contributed by atoms with Crippen molar-refractivity contribution < 1.29 is 14.9 Å². The minimum absolute atomic E-state index is 0.119. The number of carbonyl (C=O) groups is 1. The molecule has 0 spiro atoms. The van der Waals surface area contributed by atoms with Crippen molar-refractivity contribution in [3.8, 4) is 0 Å². The van der Waals surface area contributed by atoms with Gasteiger partial charge in [0.25, 0.3) is 4.92 Å². The molecule has 15 heavy (non-hydrogen) atoms. The maximum atomic E-state index is 10.8. The van der Waals surface area contributed by atoms with Crippen molar-refractivity contribution in [3.63, 3.8) is 0 Å². The highest BCUT2D eigenvalue weighted by Gasteiger charge is 2.11. The lowest BCUT2D eigenvalue weighted by Crippen LogP contribution is -2.31. The molecular formula is C8H10N3O3S+. The van der Waals surface area contributed by atoms with E-state index in [4.69, 9.17) is 11.0 Å². The second-order valence-corrected chi connectivity index (χ2v) is 3.68. The summed E-state index contributed by atoms with van der Waals surface area (Å²) in [5.41, 5.74) is 2.11. The van der Waals surface area contributed by atoms with Gasteiger partial charge in [0.2, 0.25) is 5.91 Å². The van der Waals surface area contributed by atoms with E-state index in [1.165, 1.54) is 23.9 Å². The lowest BCUT2D eigenvalue weighted by Gasteiger charge is -1.99. The highest BCUT2D eigenvalue weighted by atomic mass is 32.2. The van der Waals surface area contributed by atoms with Crippen LogP contribution >= 0.6 is 11.8 Å². The first-order valence-corrected chi connectivity index (χ1v) is 5.00. The summed E-state index contributed by atoms with van der Waals surface area (Å²) in [6, 6.07) is 6.27. The van der Waals surface area contributed by atoms with E-state index >= 15 is 0 Å². The lowest BCUT2D eigenvalue weighted by atomic mass is 10.3. The van der Waals surface area contributed by atoms with Crippen LogP contribution < -0.4 is 11.3 Å². The van der Waals surface area contributed by atoms with Gasteiger partial charge in [-0.25, -0.2) is 11.0 Å². The van der Waals surface area contributed by atoms with Crippen LogP contribution in [0.25, 0.3) is 0 Å². The lowest BCUT2D eigenvalue weighted by molar-refractivity contribution is -0.729. The van der Waals surface area contributed by atoms with Gasteiger partial charge in [-0.1, -0.05) is 6.07 Å². The smallest absolute Gasteiger partial charge is 0.294 e. The van der Waals surface area contributed by atoms with Gasteiger partial charge in [0.15, 0.2) is 0 Å². The number of hydrogen-bond donors (Lipinski definition) is 3. The Morgan fingerprint density at radius 2 is 2.33 bits per heavy atom. The molecular weight excluding hydrogens is 218 g/mol. The Labute approximate surface area is 90.0 Å². The molecule has 0 aromatic heterocycles. The van der Waals surface area contributed by atoms with Crippen LogP contribution in [0.4, 0.5) is 5.69 Å². The average molecular weight is 228 g/mol. The van der Waals surface area contributed by atoms with E-state index in [1.54, 1.807) is 12.1 Å². The largest absolute Gasteiger partial charge is 0.317 e. The molecule has 1 aromatic carbocycles. The van der Waals surface area contributed by atoms with Crippen molar-refractivity contribution in [1.82, 2.24) is 5.43 Å². The topological polar surface area (TPSA) is 95.4 Å². The molecule has 0 aliphatic heterocycles. The highest BCUT2D eigenvalue weighted by Crippen LogP contribution is 2.22. The van der Waals surface area contributed by atoms with Gasteiger partial charge in [-0.2, -0.15) is 0 Å². The molecule has 0 heterocycles. The van der Waals surface area contributed by atoms with Crippen molar-refractivity contribution in [1.29, 1.82) is 0 Å². The maximum absolute atomic E-state index is 10.8. The van der Waals surface area contributed by atoms with Gasteiger partial charge < -0.3 is 0 Å². The number of nitrogens with one attached hydrogen (secondary N) is 1. The molecule has 1 rings (SSSR count). The summed E-state index contributed by atoms with van der Waals surface area (Å²) in [5, 5.41) is 8.64. The molecule has 0 fully saturated rings. The van der Waals surface area contributed by atoms with Gasteiger partial charge in [0.1, 0.15) is 0 Å². The minimum atomic E-state index is -0.312. The van der Waals surface area contributed by atoms with Crippen molar-refractivity contribution in [2.45, 2.75) is 4.90 Å². The maximum Gasteiger partial charge on any atom is 0.317 e. The molecule has 0 saturated heterocycles. The fourth-order valence-corrected chi connectivity index (χ4v) is 1.64. The second kappa shape index (κ2) is 5.32. The first kappa shape index (κ1) is 11.5. The number of rotatable bonds is 4. The summed E-state index contributed by atoms with van der Waals surface area (Å²) in [5.74, 6) is 4.75. The molecule has 80 valence electrons. The number of carbonyl (C=O) groups excluding carboxylic acids is 1. The summed E-state index contributed by atoms with van der Waals surface area (Å²) in [6.07, 6.45) is 0. The van der Waals surface area contributed by atoms with Crippen LogP contribution in [0.3, 0.4) is 0 Å². The Hall–Kier alpha value is -1.60. The molecule has 0 saturated carbocycles. The standard InChI is InChI=1S/C8H9N3O3S/c9-10-8(12)5-15-7-3-1-2-6(4-7)11(13)14/h1-4H,5,9H2,(H-,10,12,13,14)/p+1. The molecule has 0 unspecified atom stereocenters. The number of thioether (sulfide) groups is 1. The van der Waals surface area contributed by atoms with E-state index in [9.17, 15) is 9.70 Å². The van der Waals surface area contributed by atoms with Crippen LogP contribution in [0.5, 0.6) is 0 Å². The van der Waals surface area contributed by atoms with Crippen LogP contribution in [0.15, 0.2) is 29.2 Å². The second-order valence-electron chi connectivity index (χ2n) is 2.63. The molecule has 6 nitrogen and oxygen atoms in total. The molecule has 0 radical (unpaired) electrons. The first-order chi connectivity index (χ1) is 7.13. The van der Waals surface area contributed by atoms with Gasteiger partial charge in [-0.05, 0) is 6.07 Å². The number of nitrogens with two attached hydrogens (primary N) is 1. The van der Waals surface area contributed by atoms with E-state index in [2.05, 4.69) is 0 Å². The van der Waals surface area contributed by atoms with E-state index in [-0.39, 0.29) is 22.3 Å². The zero-order valence-corrected chi connectivity index (χ0v) is 8.53. The quantitative estimate of drug-likeness (QED) is 0.303. The van der Waals surface area contributed by atoms with Crippen molar-refractivity contribution >= 4 is 23.4 Å². The Kier molecular flexibility index (Phi) is 4.07. The van der Waals surface area contributed by atoms with Crippen LogP contribution in [-0.2, 0) is 4.79 Å². The SMILES string of the molecule is NNC(=O)CSc1cccc([N+](=O)O)c1. The van der Waals surface area contributed by atoms with Crippen molar-refractivity contribution in [3.05, 3.63) is 29.2 Å². The Balaban J connectivity index is 2.66. The number of benzene rings is 1. The molecule has 7 heteroatoms. The average Bonchev–Trinajstić information content (AvgIpc) is 2.26. The Morgan fingerprint density at radius 1 is 1.60 bits per heavy atom. The predicted octanol–water partition coefficient (Wildman–Crippen LogP) is 0.568. The fraction of sp³-hybridized carbons (Fsp3) is 0.125. The van der Waals surface area contributed by atoms with Gasteiger partial charge in [-0.15, -0.1) is 11.8 Å². The summed E-state index contributed by atoms with van der Waals surface area (Å²) in [6.45, 7) is 0. The monoisotopic (exact) mass is 228 g/mol. The number of hydrazine groups is 1. The number of nitrogens with zero attached hydrogens (tertiary/aromatic N) is 1. The van der Waals surface area contributed by atoms with Crippen LogP contribution in [0, 0.1) is 4.91 Å². The van der Waals surface area contributed by atoms with Crippen molar-refractivity contribution in [2.24, 2.45) is 5.84 Å². The molecule has 0 bridgehead atoms. The van der Waals surface area contributed by atoms with Gasteiger partial charge >= 0.3 is 5.69 Å². The molecule has 4 N–H and O–H groups in total. The third-order valence-corrected chi connectivity index (χ3v) is 2.56. The van der Waals surface area contributed by atoms with E-state index in [1.807, 2.05) is 5.43 Å². The summed E-state index contributed by atoms with van der Waals surface area (Å²) >= 11 is 1.22. The number of amides is 1. The Morgan fingerprint density at radius 3 is 2.93 bits per heavy atom. The van der Waals surface area contributed by atoms with Crippen LogP contribution in [0.1, 0.15) is 0 Å². The normalized spacial score (nSPS) is 9.67. The summed E-state index contributed by atoms with van der Waals surface area (Å²) in [4.78, 5) is 21.9. The predicted molar refractivity (Wildman–Crippen MR) is 54.6 cm³/mol.